The molecule has 0 spiro atoms. The fraction of sp³-hybridized carbons (Fsp3) is 0.188. The second-order valence-corrected chi connectivity index (χ2v) is 5.60. The first-order valence-electron chi connectivity index (χ1n) is 6.29. The zero-order valence-corrected chi connectivity index (χ0v) is 11.9. The molecule has 96 valence electrons. The molecule has 0 amide bonds. The van der Waals surface area contributed by atoms with Gasteiger partial charge < -0.3 is 4.74 Å². The van der Waals surface area contributed by atoms with Crippen LogP contribution < -0.4 is 4.74 Å². The summed E-state index contributed by atoms with van der Waals surface area (Å²) in [6.45, 7) is 0. The molecule has 0 atom stereocenters. The minimum Gasteiger partial charge on any atom is -0.490 e. The van der Waals surface area contributed by atoms with Crippen molar-refractivity contribution in [3.05, 3.63) is 64.1 Å². The van der Waals surface area contributed by atoms with Gasteiger partial charge in [0.2, 0.25) is 0 Å². The largest absolute Gasteiger partial charge is 0.490 e. The Bertz CT molecular complexity index is 600. The number of carbonyl (C=O) groups excluding carboxylic acids is 1. The third kappa shape index (κ3) is 3.04. The van der Waals surface area contributed by atoms with Crippen LogP contribution in [-0.2, 0) is 0 Å². The maximum atomic E-state index is 12.3. The van der Waals surface area contributed by atoms with Crippen molar-refractivity contribution in [3.63, 3.8) is 0 Å². The molecule has 0 N–H and O–H groups in total. The first-order valence-corrected chi connectivity index (χ1v) is 7.09. The molecule has 0 aliphatic heterocycles. The molecule has 19 heavy (non-hydrogen) atoms. The van der Waals surface area contributed by atoms with Gasteiger partial charge >= 0.3 is 0 Å². The molecular weight excluding hydrogens is 304 g/mol. The normalized spacial score (nSPS) is 14.2. The van der Waals surface area contributed by atoms with Gasteiger partial charge in [0.15, 0.2) is 5.78 Å². The molecule has 2 aromatic carbocycles. The summed E-state index contributed by atoms with van der Waals surface area (Å²) in [7, 11) is 0. The third-order valence-corrected chi connectivity index (χ3v) is 3.52. The molecule has 1 aliphatic carbocycles. The Balaban J connectivity index is 1.79. The number of ketones is 1. The van der Waals surface area contributed by atoms with E-state index in [1.54, 1.807) is 0 Å². The number of hydrogen-bond acceptors (Lipinski definition) is 2. The van der Waals surface area contributed by atoms with Crippen LogP contribution in [0.5, 0.6) is 5.75 Å². The van der Waals surface area contributed by atoms with Gasteiger partial charge in [-0.15, -0.1) is 0 Å². The SMILES string of the molecule is O=C(c1ccc(OC2CC2)cc1)c1cccc(Br)c1. The van der Waals surface area contributed by atoms with E-state index in [-0.39, 0.29) is 5.78 Å². The van der Waals surface area contributed by atoms with Crippen LogP contribution in [0.3, 0.4) is 0 Å². The zero-order chi connectivity index (χ0) is 13.2. The van der Waals surface area contributed by atoms with E-state index in [1.807, 2.05) is 48.5 Å². The Hall–Kier alpha value is -1.61. The van der Waals surface area contributed by atoms with E-state index in [2.05, 4.69) is 15.9 Å². The molecule has 0 aromatic heterocycles. The highest BCUT2D eigenvalue weighted by atomic mass is 79.9. The lowest BCUT2D eigenvalue weighted by Crippen LogP contribution is -2.01. The Morgan fingerprint density at radius 2 is 1.79 bits per heavy atom. The van der Waals surface area contributed by atoms with Gasteiger partial charge in [0.1, 0.15) is 5.75 Å². The summed E-state index contributed by atoms with van der Waals surface area (Å²) < 4.78 is 6.58. The molecule has 0 unspecified atom stereocenters. The highest BCUT2D eigenvalue weighted by Gasteiger charge is 2.23. The predicted molar refractivity (Wildman–Crippen MR) is 77.7 cm³/mol. The first-order chi connectivity index (χ1) is 9.22. The molecule has 1 aliphatic rings. The Labute approximate surface area is 120 Å². The quantitative estimate of drug-likeness (QED) is 0.789. The fourth-order valence-electron chi connectivity index (χ4n) is 1.86. The van der Waals surface area contributed by atoms with E-state index >= 15 is 0 Å². The van der Waals surface area contributed by atoms with Gasteiger partial charge in [0.05, 0.1) is 6.10 Å². The van der Waals surface area contributed by atoms with E-state index in [4.69, 9.17) is 4.74 Å². The van der Waals surface area contributed by atoms with Crippen molar-refractivity contribution in [1.82, 2.24) is 0 Å². The van der Waals surface area contributed by atoms with Gasteiger partial charge in [0, 0.05) is 15.6 Å². The molecule has 2 aromatic rings. The van der Waals surface area contributed by atoms with Crippen LogP contribution in [0.4, 0.5) is 0 Å². The van der Waals surface area contributed by atoms with Crippen LogP contribution in [0, 0.1) is 0 Å². The number of benzene rings is 2. The summed E-state index contributed by atoms with van der Waals surface area (Å²) in [5.74, 6) is 0.868. The number of carbonyl (C=O) groups is 1. The Morgan fingerprint density at radius 3 is 2.42 bits per heavy atom. The average Bonchev–Trinajstić information content (AvgIpc) is 3.23. The second kappa shape index (κ2) is 5.17. The van der Waals surface area contributed by atoms with Crippen molar-refractivity contribution in [2.75, 3.05) is 0 Å². The van der Waals surface area contributed by atoms with Gasteiger partial charge in [-0.25, -0.2) is 0 Å². The van der Waals surface area contributed by atoms with Crippen LogP contribution in [0.1, 0.15) is 28.8 Å². The Morgan fingerprint density at radius 1 is 1.05 bits per heavy atom. The summed E-state index contributed by atoms with van der Waals surface area (Å²) >= 11 is 3.38. The molecular formula is C16H13BrO2. The number of hydrogen-bond donors (Lipinski definition) is 0. The molecule has 1 fully saturated rings. The number of halogens is 1. The highest BCUT2D eigenvalue weighted by Crippen LogP contribution is 2.27. The van der Waals surface area contributed by atoms with Crippen molar-refractivity contribution in [1.29, 1.82) is 0 Å². The molecule has 0 bridgehead atoms. The topological polar surface area (TPSA) is 26.3 Å². The monoisotopic (exact) mass is 316 g/mol. The van der Waals surface area contributed by atoms with Crippen LogP contribution in [0.15, 0.2) is 53.0 Å². The number of ether oxygens (including phenoxy) is 1. The molecule has 1 saturated carbocycles. The minimum absolute atomic E-state index is 0.0271. The summed E-state index contributed by atoms with van der Waals surface area (Å²) in [4.78, 5) is 12.3. The predicted octanol–water partition coefficient (Wildman–Crippen LogP) is 4.22. The van der Waals surface area contributed by atoms with Crippen molar-refractivity contribution >= 4 is 21.7 Å². The van der Waals surface area contributed by atoms with Crippen molar-refractivity contribution in [2.45, 2.75) is 18.9 Å². The molecule has 3 heteroatoms. The molecule has 0 heterocycles. The smallest absolute Gasteiger partial charge is 0.193 e. The van der Waals surface area contributed by atoms with Gasteiger partial charge in [0.25, 0.3) is 0 Å². The maximum Gasteiger partial charge on any atom is 0.193 e. The summed E-state index contributed by atoms with van der Waals surface area (Å²) in [6, 6.07) is 14.8. The molecule has 3 rings (SSSR count). The molecule has 2 nitrogen and oxygen atoms in total. The van der Waals surface area contributed by atoms with E-state index < -0.39 is 0 Å². The van der Waals surface area contributed by atoms with Gasteiger partial charge in [-0.1, -0.05) is 28.1 Å². The highest BCUT2D eigenvalue weighted by molar-refractivity contribution is 9.10. The Kier molecular flexibility index (Phi) is 3.38. The maximum absolute atomic E-state index is 12.3. The van der Waals surface area contributed by atoms with Gasteiger partial charge in [-0.05, 0) is 49.2 Å². The van der Waals surface area contributed by atoms with E-state index in [9.17, 15) is 4.79 Å². The van der Waals surface area contributed by atoms with E-state index in [0.717, 1.165) is 23.1 Å². The molecule has 0 radical (unpaired) electrons. The lowest BCUT2D eigenvalue weighted by Gasteiger charge is -2.05. The standard InChI is InChI=1S/C16H13BrO2/c17-13-3-1-2-12(10-13)16(18)11-4-6-14(7-5-11)19-15-8-9-15/h1-7,10,15H,8-9H2. The van der Waals surface area contributed by atoms with Crippen LogP contribution >= 0.6 is 15.9 Å². The zero-order valence-electron chi connectivity index (χ0n) is 10.3. The summed E-state index contributed by atoms with van der Waals surface area (Å²) in [6.07, 6.45) is 2.66. The average molecular weight is 317 g/mol. The molecule has 0 saturated heterocycles. The second-order valence-electron chi connectivity index (χ2n) is 4.68. The van der Waals surface area contributed by atoms with Crippen molar-refractivity contribution in [2.24, 2.45) is 0 Å². The number of rotatable bonds is 4. The summed E-state index contributed by atoms with van der Waals surface area (Å²) in [5.41, 5.74) is 1.37. The van der Waals surface area contributed by atoms with Crippen LogP contribution in [0.25, 0.3) is 0 Å². The minimum atomic E-state index is 0.0271. The lowest BCUT2D eigenvalue weighted by molar-refractivity contribution is 0.103. The van der Waals surface area contributed by atoms with E-state index in [0.29, 0.717) is 17.2 Å². The lowest BCUT2D eigenvalue weighted by atomic mass is 10.0. The fourth-order valence-corrected chi connectivity index (χ4v) is 2.26. The van der Waals surface area contributed by atoms with Gasteiger partial charge in [-0.2, -0.15) is 0 Å². The van der Waals surface area contributed by atoms with Crippen LogP contribution in [-0.4, -0.2) is 11.9 Å². The summed E-state index contributed by atoms with van der Waals surface area (Å²) in [5, 5.41) is 0. The first kappa shape index (κ1) is 12.4. The third-order valence-electron chi connectivity index (χ3n) is 3.03. The van der Waals surface area contributed by atoms with Crippen molar-refractivity contribution < 1.29 is 9.53 Å². The van der Waals surface area contributed by atoms with Crippen molar-refractivity contribution in [3.8, 4) is 5.75 Å². The van der Waals surface area contributed by atoms with Crippen LogP contribution in [0.2, 0.25) is 0 Å². The van der Waals surface area contributed by atoms with E-state index in [1.165, 1.54) is 0 Å². The van der Waals surface area contributed by atoms with Gasteiger partial charge in [-0.3, -0.25) is 4.79 Å².